The number of nitrogens with zero attached hydrogens (tertiary/aromatic N) is 3. The fourth-order valence-corrected chi connectivity index (χ4v) is 4.79. The highest BCUT2D eigenvalue weighted by Crippen LogP contribution is 2.30. The van der Waals surface area contributed by atoms with Gasteiger partial charge in [-0.2, -0.15) is 0 Å². The molecule has 2 heterocycles. The summed E-state index contributed by atoms with van der Waals surface area (Å²) in [4.78, 5) is 45.0. The second-order valence-electron chi connectivity index (χ2n) is 9.27. The molecule has 3 amide bonds. The summed E-state index contributed by atoms with van der Waals surface area (Å²) >= 11 is 0. The molecule has 8 nitrogen and oxygen atoms in total. The lowest BCUT2D eigenvalue weighted by molar-refractivity contribution is 0.0642. The van der Waals surface area contributed by atoms with Crippen molar-refractivity contribution in [2.45, 2.75) is 13.5 Å². The van der Waals surface area contributed by atoms with E-state index in [9.17, 15) is 14.4 Å². The third-order valence-electron chi connectivity index (χ3n) is 6.80. The Morgan fingerprint density at radius 1 is 0.892 bits per heavy atom. The third-order valence-corrected chi connectivity index (χ3v) is 6.80. The van der Waals surface area contributed by atoms with E-state index in [4.69, 9.17) is 4.74 Å². The van der Waals surface area contributed by atoms with Crippen LogP contribution in [0.2, 0.25) is 0 Å². The predicted octanol–water partition coefficient (Wildman–Crippen LogP) is 3.89. The maximum absolute atomic E-state index is 13.5. The maximum Gasteiger partial charge on any atom is 0.261 e. The average Bonchev–Trinajstić information content (AvgIpc) is 3.15. The van der Waals surface area contributed by atoms with Crippen LogP contribution < -0.4 is 15.0 Å². The minimum atomic E-state index is -0.332. The van der Waals surface area contributed by atoms with Crippen LogP contribution >= 0.6 is 0 Å². The van der Waals surface area contributed by atoms with Gasteiger partial charge in [0.05, 0.1) is 41.2 Å². The van der Waals surface area contributed by atoms with E-state index in [1.165, 1.54) is 4.90 Å². The number of likely N-dealkylation sites (N-methyl/N-ethyl adjacent to an activating group) is 1. The fourth-order valence-electron chi connectivity index (χ4n) is 4.79. The van der Waals surface area contributed by atoms with Crippen molar-refractivity contribution in [1.29, 1.82) is 0 Å². The van der Waals surface area contributed by atoms with Gasteiger partial charge in [0.25, 0.3) is 17.7 Å². The van der Waals surface area contributed by atoms with E-state index in [0.717, 1.165) is 37.6 Å². The molecule has 0 saturated carbocycles. The molecule has 1 saturated heterocycles. The summed E-state index contributed by atoms with van der Waals surface area (Å²) in [6.07, 6.45) is 0. The number of carbonyl (C=O) groups excluding carboxylic acids is 3. The average molecular weight is 499 g/mol. The van der Waals surface area contributed by atoms with Gasteiger partial charge in [-0.25, -0.2) is 0 Å². The number of piperazine rings is 1. The monoisotopic (exact) mass is 498 g/mol. The van der Waals surface area contributed by atoms with Crippen LogP contribution in [0.3, 0.4) is 0 Å². The minimum Gasteiger partial charge on any atom is -0.493 e. The number of nitrogens with one attached hydrogen (secondary N) is 1. The normalized spacial score (nSPS) is 15.6. The van der Waals surface area contributed by atoms with Crippen molar-refractivity contribution in [3.8, 4) is 5.75 Å². The SMILES string of the molecule is CCOc1ccc(CN2C(=O)c3ccccc3C2=O)cc1C(=O)Nc1ccccc1N1CCN(C)CC1. The molecule has 3 aromatic rings. The number of ether oxygens (including phenoxy) is 1. The zero-order valence-corrected chi connectivity index (χ0v) is 21.1. The van der Waals surface area contributed by atoms with Gasteiger partial charge in [-0.05, 0) is 55.9 Å². The van der Waals surface area contributed by atoms with E-state index in [-0.39, 0.29) is 24.3 Å². The summed E-state index contributed by atoms with van der Waals surface area (Å²) < 4.78 is 5.75. The lowest BCUT2D eigenvalue weighted by Gasteiger charge is -2.35. The summed E-state index contributed by atoms with van der Waals surface area (Å²) in [5.74, 6) is -0.527. The number of para-hydroxylation sites is 2. The number of carbonyl (C=O) groups is 3. The standard InChI is InChI=1S/C29H30N4O4/c1-3-37-26-13-12-20(19-33-28(35)21-8-4-5-9-22(21)29(33)36)18-23(26)27(34)30-24-10-6-7-11-25(24)32-16-14-31(2)15-17-32/h4-13,18H,3,14-17,19H2,1-2H3,(H,30,34). The van der Waals surface area contributed by atoms with Gasteiger partial charge in [0.15, 0.2) is 0 Å². The van der Waals surface area contributed by atoms with Crippen molar-refractivity contribution in [3.63, 3.8) is 0 Å². The van der Waals surface area contributed by atoms with Crippen LogP contribution in [0.5, 0.6) is 5.75 Å². The largest absolute Gasteiger partial charge is 0.493 e. The molecule has 5 rings (SSSR count). The van der Waals surface area contributed by atoms with Crippen molar-refractivity contribution in [2.24, 2.45) is 0 Å². The first kappa shape index (κ1) is 24.5. The van der Waals surface area contributed by atoms with Crippen molar-refractivity contribution < 1.29 is 19.1 Å². The number of rotatable bonds is 7. The molecular formula is C29H30N4O4. The zero-order chi connectivity index (χ0) is 25.9. The van der Waals surface area contributed by atoms with E-state index >= 15 is 0 Å². The summed E-state index contributed by atoms with van der Waals surface area (Å²) in [5, 5.41) is 3.07. The maximum atomic E-state index is 13.5. The lowest BCUT2D eigenvalue weighted by atomic mass is 10.1. The molecule has 2 aliphatic heterocycles. The second kappa shape index (κ2) is 10.4. The Hall–Kier alpha value is -4.17. The van der Waals surface area contributed by atoms with Crippen LogP contribution in [-0.4, -0.2) is 67.4 Å². The number of imide groups is 1. The molecule has 0 atom stereocenters. The molecule has 1 fully saturated rings. The quantitative estimate of drug-likeness (QED) is 0.498. The van der Waals surface area contributed by atoms with Crippen LogP contribution in [0.1, 0.15) is 43.6 Å². The Bertz CT molecular complexity index is 1310. The molecule has 0 spiro atoms. The highest BCUT2D eigenvalue weighted by Gasteiger charge is 2.35. The van der Waals surface area contributed by atoms with E-state index < -0.39 is 0 Å². The highest BCUT2D eigenvalue weighted by atomic mass is 16.5. The summed E-state index contributed by atoms with van der Waals surface area (Å²) in [7, 11) is 2.11. The number of anilines is 2. The Kier molecular flexibility index (Phi) is 6.92. The van der Waals surface area contributed by atoms with E-state index in [1.54, 1.807) is 42.5 Å². The van der Waals surface area contributed by atoms with Gasteiger partial charge in [0, 0.05) is 26.2 Å². The lowest BCUT2D eigenvalue weighted by Crippen LogP contribution is -2.44. The van der Waals surface area contributed by atoms with Gasteiger partial charge in [0.2, 0.25) is 0 Å². The minimum absolute atomic E-state index is 0.0664. The Balaban J connectivity index is 1.39. The molecule has 3 aromatic carbocycles. The third kappa shape index (κ3) is 4.93. The molecule has 0 radical (unpaired) electrons. The first-order valence-corrected chi connectivity index (χ1v) is 12.5. The molecule has 2 aliphatic rings. The van der Waals surface area contributed by atoms with Crippen molar-refractivity contribution in [2.75, 3.05) is 50.1 Å². The zero-order valence-electron chi connectivity index (χ0n) is 21.1. The smallest absolute Gasteiger partial charge is 0.261 e. The van der Waals surface area contributed by atoms with Gasteiger partial charge >= 0.3 is 0 Å². The summed E-state index contributed by atoms with van der Waals surface area (Å²) in [6.45, 7) is 5.99. The number of fused-ring (bicyclic) bond motifs is 1. The fraction of sp³-hybridized carbons (Fsp3) is 0.276. The van der Waals surface area contributed by atoms with Crippen molar-refractivity contribution >= 4 is 29.1 Å². The molecule has 0 aliphatic carbocycles. The Morgan fingerprint density at radius 2 is 1.54 bits per heavy atom. The van der Waals surface area contributed by atoms with Gasteiger partial charge in [-0.3, -0.25) is 19.3 Å². The van der Waals surface area contributed by atoms with Gasteiger partial charge < -0.3 is 19.9 Å². The van der Waals surface area contributed by atoms with Crippen LogP contribution in [0.25, 0.3) is 0 Å². The molecule has 1 N–H and O–H groups in total. The Labute approximate surface area is 216 Å². The second-order valence-corrected chi connectivity index (χ2v) is 9.27. The van der Waals surface area contributed by atoms with Crippen LogP contribution in [-0.2, 0) is 6.54 Å². The van der Waals surface area contributed by atoms with E-state index in [2.05, 4.69) is 22.2 Å². The van der Waals surface area contributed by atoms with Gasteiger partial charge in [-0.15, -0.1) is 0 Å². The first-order chi connectivity index (χ1) is 18.0. The molecule has 37 heavy (non-hydrogen) atoms. The first-order valence-electron chi connectivity index (χ1n) is 12.5. The molecule has 8 heteroatoms. The van der Waals surface area contributed by atoms with Crippen LogP contribution in [0.4, 0.5) is 11.4 Å². The number of amides is 3. The molecular weight excluding hydrogens is 468 g/mol. The number of benzene rings is 3. The predicted molar refractivity (Wildman–Crippen MR) is 142 cm³/mol. The highest BCUT2D eigenvalue weighted by molar-refractivity contribution is 6.21. The molecule has 0 unspecified atom stereocenters. The van der Waals surface area contributed by atoms with Crippen LogP contribution in [0, 0.1) is 0 Å². The van der Waals surface area contributed by atoms with Crippen molar-refractivity contribution in [1.82, 2.24) is 9.80 Å². The summed E-state index contributed by atoms with van der Waals surface area (Å²) in [6, 6.07) is 19.8. The van der Waals surface area contributed by atoms with E-state index in [1.807, 2.05) is 31.2 Å². The number of hydrogen-bond acceptors (Lipinski definition) is 6. The van der Waals surface area contributed by atoms with Crippen molar-refractivity contribution in [3.05, 3.63) is 89.0 Å². The summed E-state index contributed by atoms with van der Waals surface area (Å²) in [5.41, 5.74) is 3.52. The molecule has 190 valence electrons. The number of hydrogen-bond donors (Lipinski definition) is 1. The Morgan fingerprint density at radius 3 is 2.22 bits per heavy atom. The van der Waals surface area contributed by atoms with Gasteiger partial charge in [0.1, 0.15) is 5.75 Å². The van der Waals surface area contributed by atoms with Gasteiger partial charge in [-0.1, -0.05) is 30.3 Å². The van der Waals surface area contributed by atoms with Crippen LogP contribution in [0.15, 0.2) is 66.7 Å². The molecule has 0 bridgehead atoms. The molecule has 0 aromatic heterocycles. The topological polar surface area (TPSA) is 82.2 Å². The van der Waals surface area contributed by atoms with E-state index in [0.29, 0.717) is 34.6 Å².